The highest BCUT2D eigenvalue weighted by atomic mass is 31.3. The number of aliphatic hydroxyl groups is 1. The van der Waals surface area contributed by atoms with Crippen LogP contribution >= 0.6 is 23.5 Å². The number of rotatable bonds is 28. The van der Waals surface area contributed by atoms with Crippen LogP contribution in [0.2, 0.25) is 0 Å². The van der Waals surface area contributed by atoms with Gasteiger partial charge in [0.25, 0.3) is 11.4 Å². The summed E-state index contributed by atoms with van der Waals surface area (Å²) < 4.78 is 73.6. The number of hydrogen-bond acceptors (Lipinski definition) is 21. The highest BCUT2D eigenvalue weighted by Crippen LogP contribution is 2.66. The van der Waals surface area contributed by atoms with Crippen LogP contribution in [0.25, 0.3) is 0 Å². The maximum Gasteiger partial charge on any atom is 0.490 e. The van der Waals surface area contributed by atoms with E-state index in [1.165, 1.54) is 18.3 Å². The largest absolute Gasteiger partial charge is 0.490 e. The van der Waals surface area contributed by atoms with E-state index in [4.69, 9.17) is 33.5 Å². The Morgan fingerprint density at radius 3 is 2.10 bits per heavy atom. The van der Waals surface area contributed by atoms with Crippen LogP contribution in [-0.4, -0.2) is 128 Å². The van der Waals surface area contributed by atoms with E-state index in [0.29, 0.717) is 0 Å². The molecule has 0 aliphatic carbocycles. The maximum absolute atomic E-state index is 12.6. The number of amides is 1. The van der Waals surface area contributed by atoms with Gasteiger partial charge in [0, 0.05) is 25.2 Å². The summed E-state index contributed by atoms with van der Waals surface area (Å²) in [6.45, 7) is 0.939. The zero-order valence-corrected chi connectivity index (χ0v) is 32.6. The summed E-state index contributed by atoms with van der Waals surface area (Å²) in [5, 5.41) is 35.0. The van der Waals surface area contributed by atoms with Gasteiger partial charge in [-0.1, -0.05) is 0 Å². The van der Waals surface area contributed by atoms with Crippen molar-refractivity contribution < 1.29 is 89.8 Å². The number of hydrogen-bond donors (Lipinski definition) is 8. The van der Waals surface area contributed by atoms with Crippen LogP contribution in [0.5, 0.6) is 0 Å². The first kappa shape index (κ1) is 48.5. The van der Waals surface area contributed by atoms with E-state index in [-0.39, 0.29) is 83.7 Å². The number of anilines is 2. The Morgan fingerprint density at radius 1 is 0.897 bits per heavy atom. The van der Waals surface area contributed by atoms with Crippen LogP contribution in [0, 0.1) is 20.2 Å². The molecule has 0 bridgehead atoms. The summed E-state index contributed by atoms with van der Waals surface area (Å²) in [4.78, 5) is 85.0. The molecule has 29 nitrogen and oxygen atoms in total. The third kappa shape index (κ3) is 18.0. The molecule has 1 aliphatic rings. The third-order valence-corrected chi connectivity index (χ3v) is 10.8. The lowest BCUT2D eigenvalue weighted by Gasteiger charge is -2.19. The Kier molecular flexibility index (Phi) is 19.3. The summed E-state index contributed by atoms with van der Waals surface area (Å²) >= 11 is 0. The van der Waals surface area contributed by atoms with Crippen LogP contribution < -0.4 is 21.9 Å². The molecule has 1 fully saturated rings. The number of aliphatic hydroxyl groups excluding tert-OH is 1. The SMILES string of the molecule is O=C(CCOCCOCCOCCOCCNc1ccc([N+](=O)[O-])cc1[N+](=O)[O-])NNc1ccn(C2CC(O)C(COP(=O)(O)OP(=O)(O)OP(=O)(O)O)O2)c(=O)n1. The van der Waals surface area contributed by atoms with Crippen molar-refractivity contribution in [3.05, 3.63) is 61.2 Å². The Labute approximate surface area is 326 Å². The Morgan fingerprint density at radius 2 is 1.52 bits per heavy atom. The molecule has 2 aromatic rings. The maximum atomic E-state index is 12.6. The van der Waals surface area contributed by atoms with Crippen molar-refractivity contribution in [1.82, 2.24) is 15.0 Å². The summed E-state index contributed by atoms with van der Waals surface area (Å²) in [7, 11) is -16.8. The molecule has 1 amide bonds. The molecule has 32 heteroatoms. The van der Waals surface area contributed by atoms with Crippen LogP contribution in [0.15, 0.2) is 35.3 Å². The van der Waals surface area contributed by atoms with Gasteiger partial charge in [0.05, 0.1) is 87.9 Å². The molecular formula is C26H40N7O22P3. The highest BCUT2D eigenvalue weighted by molar-refractivity contribution is 7.66. The molecule has 0 saturated carbocycles. The van der Waals surface area contributed by atoms with Gasteiger partial charge < -0.3 is 53.7 Å². The first-order chi connectivity index (χ1) is 27.2. The Balaban J connectivity index is 1.21. The van der Waals surface area contributed by atoms with Crippen molar-refractivity contribution >= 4 is 52.3 Å². The second-order valence-electron chi connectivity index (χ2n) is 11.3. The van der Waals surface area contributed by atoms with Gasteiger partial charge >= 0.3 is 29.2 Å². The van der Waals surface area contributed by atoms with Crippen LogP contribution in [0.3, 0.4) is 0 Å². The van der Waals surface area contributed by atoms with Crippen molar-refractivity contribution in [1.29, 1.82) is 0 Å². The number of carbonyl (C=O) groups excluding carboxylic acids is 1. The molecule has 5 atom stereocenters. The van der Waals surface area contributed by atoms with Gasteiger partial charge in [-0.15, -0.1) is 0 Å². The molecule has 0 radical (unpaired) electrons. The number of nitrogens with one attached hydrogen (secondary N) is 3. The van der Waals surface area contributed by atoms with Gasteiger partial charge in [-0.05, 0) is 12.1 Å². The topological polar surface area (TPSA) is 401 Å². The van der Waals surface area contributed by atoms with E-state index in [2.05, 4.69) is 34.3 Å². The molecule has 1 aromatic carbocycles. The smallest absolute Gasteiger partial charge is 0.390 e. The molecule has 1 aliphatic heterocycles. The molecule has 2 heterocycles. The fourth-order valence-corrected chi connectivity index (χ4v) is 7.55. The van der Waals surface area contributed by atoms with Gasteiger partial charge in [-0.3, -0.25) is 45.0 Å². The lowest BCUT2D eigenvalue weighted by Crippen LogP contribution is -2.33. The monoisotopic (exact) mass is 895 g/mol. The van der Waals surface area contributed by atoms with Crippen LogP contribution in [0.4, 0.5) is 22.9 Å². The molecule has 1 saturated heterocycles. The predicted octanol–water partition coefficient (Wildman–Crippen LogP) is 0.0631. The number of carbonyl (C=O) groups is 1. The van der Waals surface area contributed by atoms with Crippen LogP contribution in [-0.2, 0) is 55.3 Å². The summed E-state index contributed by atoms with van der Waals surface area (Å²) in [6.07, 6.45) is -3.02. The number of nitrogens with zero attached hydrogens (tertiary/aromatic N) is 4. The van der Waals surface area contributed by atoms with E-state index in [9.17, 15) is 58.4 Å². The summed E-state index contributed by atoms with van der Waals surface area (Å²) in [5.41, 5.74) is 3.20. The number of hydrazine groups is 1. The highest BCUT2D eigenvalue weighted by Gasteiger charge is 2.43. The standard InChI is InChI=1S/C26H40N7O22P3/c34-21-16-25(53-22(21)17-52-57(44,45)55-58(46,47)54-56(41,42)43)31-6-3-23(28-26(31)36)29-30-24(35)4-7-48-9-11-50-13-14-51-12-10-49-8-5-27-19-2-1-18(32(37)38)15-20(19)33(39)40/h1-3,6,15,21-22,25,27,34H,4-5,7-14,16-17H2,(H,30,35)(H,44,45)(H,46,47)(H,28,29,36)(H2,41,42,43). The molecule has 5 unspecified atom stereocenters. The molecule has 1 aromatic heterocycles. The predicted molar refractivity (Wildman–Crippen MR) is 191 cm³/mol. The van der Waals surface area contributed by atoms with Crippen molar-refractivity contribution in [2.24, 2.45) is 0 Å². The molecular weight excluding hydrogens is 855 g/mol. The van der Waals surface area contributed by atoms with Gasteiger partial charge in [-0.2, -0.15) is 13.6 Å². The van der Waals surface area contributed by atoms with Gasteiger partial charge in [-0.25, -0.2) is 18.5 Å². The quantitative estimate of drug-likeness (QED) is 0.0242. The van der Waals surface area contributed by atoms with E-state index >= 15 is 0 Å². The number of phosphoric acid groups is 3. The fraction of sp³-hybridized carbons (Fsp3) is 0.577. The second kappa shape index (κ2) is 23.1. The number of ether oxygens (including phenoxy) is 5. The van der Waals surface area contributed by atoms with Crippen molar-refractivity contribution in [2.75, 3.05) is 76.7 Å². The van der Waals surface area contributed by atoms with E-state index in [1.807, 2.05) is 0 Å². The zero-order chi connectivity index (χ0) is 42.9. The number of non-ortho nitro benzene ring substituents is 1. The number of nitro groups is 2. The zero-order valence-electron chi connectivity index (χ0n) is 29.9. The lowest BCUT2D eigenvalue weighted by molar-refractivity contribution is -0.393. The Hall–Kier alpha value is -3.86. The average molecular weight is 896 g/mol. The van der Waals surface area contributed by atoms with Crippen molar-refractivity contribution in [3.63, 3.8) is 0 Å². The molecule has 3 rings (SSSR count). The minimum absolute atomic E-state index is 0.0384. The van der Waals surface area contributed by atoms with Gasteiger partial charge in [0.1, 0.15) is 18.0 Å². The van der Waals surface area contributed by atoms with Crippen molar-refractivity contribution in [3.8, 4) is 0 Å². The van der Waals surface area contributed by atoms with E-state index < -0.39 is 81.3 Å². The molecule has 326 valence electrons. The number of aromatic nitrogens is 2. The normalized spacial score (nSPS) is 18.9. The van der Waals surface area contributed by atoms with Gasteiger partial charge in [0.2, 0.25) is 5.91 Å². The molecule has 58 heavy (non-hydrogen) atoms. The van der Waals surface area contributed by atoms with Crippen molar-refractivity contribution in [2.45, 2.75) is 31.3 Å². The second-order valence-corrected chi connectivity index (χ2v) is 15.8. The Bertz CT molecular complexity index is 1900. The van der Waals surface area contributed by atoms with Gasteiger partial charge in [0.15, 0.2) is 5.82 Å². The number of phosphoric ester groups is 1. The van der Waals surface area contributed by atoms with E-state index in [0.717, 1.165) is 16.7 Å². The van der Waals surface area contributed by atoms with Crippen LogP contribution in [0.1, 0.15) is 19.1 Å². The minimum atomic E-state index is -5.75. The number of nitro benzene ring substituents is 2. The third-order valence-electron chi connectivity index (χ3n) is 7.03. The first-order valence-electron chi connectivity index (χ1n) is 16.5. The van der Waals surface area contributed by atoms with E-state index in [1.54, 1.807) is 0 Å². The molecule has 8 N–H and O–H groups in total. The summed E-state index contributed by atoms with van der Waals surface area (Å²) in [5.74, 6) is -0.572. The average Bonchev–Trinajstić information content (AvgIpc) is 3.49. The number of benzene rings is 1. The first-order valence-corrected chi connectivity index (χ1v) is 21.0. The summed E-state index contributed by atoms with van der Waals surface area (Å²) in [6, 6.07) is 4.57. The molecule has 0 spiro atoms. The lowest BCUT2D eigenvalue weighted by atomic mass is 10.2. The minimum Gasteiger partial charge on any atom is -0.390 e. The fourth-order valence-electron chi connectivity index (χ4n) is 4.52.